The van der Waals surface area contributed by atoms with Gasteiger partial charge in [0.15, 0.2) is 11.7 Å². The van der Waals surface area contributed by atoms with Gasteiger partial charge in [0.25, 0.3) is 0 Å². The molecule has 0 amide bonds. The van der Waals surface area contributed by atoms with Gasteiger partial charge in [-0.2, -0.15) is 0 Å². The van der Waals surface area contributed by atoms with Crippen molar-refractivity contribution < 1.29 is 17.6 Å². The lowest BCUT2D eigenvalue weighted by molar-refractivity contribution is 0.336. The summed E-state index contributed by atoms with van der Waals surface area (Å²) in [5.41, 5.74) is 20.5. The summed E-state index contributed by atoms with van der Waals surface area (Å²) in [6.07, 6.45) is 1.70. The molecular formula is C10H12F4N4. The van der Waals surface area contributed by atoms with E-state index in [-0.39, 0.29) is 11.6 Å². The monoisotopic (exact) mass is 264 g/mol. The topological polar surface area (TPSA) is 104 Å². The van der Waals surface area contributed by atoms with E-state index in [1.165, 1.54) is 0 Å². The van der Waals surface area contributed by atoms with Crippen molar-refractivity contribution in [2.45, 2.75) is 0 Å². The Balaban J connectivity index is 3.37. The number of hydrogen-bond acceptors (Lipinski definition) is 4. The maximum absolute atomic E-state index is 13.5. The number of halogens is 4. The van der Waals surface area contributed by atoms with E-state index < -0.39 is 35.1 Å². The molecule has 0 heterocycles. The highest BCUT2D eigenvalue weighted by molar-refractivity contribution is 5.37. The summed E-state index contributed by atoms with van der Waals surface area (Å²) < 4.78 is 53.2. The van der Waals surface area contributed by atoms with E-state index in [2.05, 4.69) is 0 Å². The molecule has 0 bridgehead atoms. The Morgan fingerprint density at radius 2 is 1.00 bits per heavy atom. The molecular weight excluding hydrogens is 252 g/mol. The fourth-order valence-electron chi connectivity index (χ4n) is 1.59. The molecule has 2 atom stereocenters. The molecule has 1 rings (SSSR count). The Morgan fingerprint density at radius 3 is 1.22 bits per heavy atom. The molecule has 8 heteroatoms. The van der Waals surface area contributed by atoms with Crippen LogP contribution in [-0.2, 0) is 0 Å². The molecule has 0 radical (unpaired) electrons. The number of hydrogen-bond donors (Lipinski definition) is 4. The quantitative estimate of drug-likeness (QED) is 0.559. The molecule has 0 aromatic rings. The minimum Gasteiger partial charge on any atom is -0.386 e. The van der Waals surface area contributed by atoms with Crippen molar-refractivity contribution in [1.82, 2.24) is 0 Å². The minimum atomic E-state index is -1.92. The van der Waals surface area contributed by atoms with Gasteiger partial charge in [-0.05, 0) is 12.2 Å². The van der Waals surface area contributed by atoms with Gasteiger partial charge in [0.05, 0.1) is 11.6 Å². The largest absolute Gasteiger partial charge is 0.386 e. The predicted molar refractivity (Wildman–Crippen MR) is 58.4 cm³/mol. The zero-order valence-electron chi connectivity index (χ0n) is 9.13. The molecule has 0 spiro atoms. The Morgan fingerprint density at radius 1 is 0.722 bits per heavy atom. The van der Waals surface area contributed by atoms with Crippen molar-refractivity contribution in [3.05, 3.63) is 47.1 Å². The van der Waals surface area contributed by atoms with E-state index in [4.69, 9.17) is 22.9 Å². The second-order valence-electron chi connectivity index (χ2n) is 3.71. The van der Waals surface area contributed by atoms with Crippen molar-refractivity contribution in [2.24, 2.45) is 34.8 Å². The van der Waals surface area contributed by atoms with Crippen LogP contribution in [0.1, 0.15) is 0 Å². The lowest BCUT2D eigenvalue weighted by Gasteiger charge is -2.24. The number of allylic oxidation sites excluding steroid dienone is 6. The molecule has 0 saturated heterocycles. The average molecular weight is 264 g/mol. The zero-order valence-corrected chi connectivity index (χ0v) is 9.13. The summed E-state index contributed by atoms with van der Waals surface area (Å²) in [4.78, 5) is 0. The van der Waals surface area contributed by atoms with Gasteiger partial charge in [-0.3, -0.25) is 0 Å². The summed E-state index contributed by atoms with van der Waals surface area (Å²) in [5, 5.41) is 0. The third kappa shape index (κ3) is 2.58. The Labute approximate surface area is 100 Å². The van der Waals surface area contributed by atoms with Crippen LogP contribution in [0.25, 0.3) is 0 Å². The summed E-state index contributed by atoms with van der Waals surface area (Å²) in [6, 6.07) is 0. The van der Waals surface area contributed by atoms with Gasteiger partial charge in [-0.15, -0.1) is 0 Å². The Kier molecular flexibility index (Phi) is 3.89. The van der Waals surface area contributed by atoms with E-state index in [1.807, 2.05) is 0 Å². The zero-order chi connectivity index (χ0) is 14.0. The summed E-state index contributed by atoms with van der Waals surface area (Å²) in [7, 11) is 0. The lowest BCUT2D eigenvalue weighted by Crippen LogP contribution is -2.24. The van der Waals surface area contributed by atoms with Crippen LogP contribution in [0, 0.1) is 11.8 Å². The van der Waals surface area contributed by atoms with Gasteiger partial charge in [0.2, 0.25) is 0 Å². The van der Waals surface area contributed by atoms with Gasteiger partial charge in [-0.25, -0.2) is 17.6 Å². The predicted octanol–water partition coefficient (Wildman–Crippen LogP) is 1.05. The maximum atomic E-state index is 13.5. The van der Waals surface area contributed by atoms with Gasteiger partial charge >= 0.3 is 0 Å². The van der Waals surface area contributed by atoms with Gasteiger partial charge in [0, 0.05) is 11.8 Å². The van der Waals surface area contributed by atoms with E-state index in [9.17, 15) is 17.6 Å². The first-order chi connectivity index (χ1) is 8.25. The highest BCUT2D eigenvalue weighted by Gasteiger charge is 2.38. The number of nitrogens with two attached hydrogens (primary N) is 4. The summed E-state index contributed by atoms with van der Waals surface area (Å²) in [6.45, 7) is 0. The minimum absolute atomic E-state index is 0.368. The first-order valence-electron chi connectivity index (χ1n) is 4.82. The van der Waals surface area contributed by atoms with Crippen LogP contribution in [0.2, 0.25) is 0 Å². The normalized spacial score (nSPS) is 24.0. The van der Waals surface area contributed by atoms with Crippen molar-refractivity contribution >= 4 is 0 Å². The first-order valence-corrected chi connectivity index (χ1v) is 4.82. The highest BCUT2D eigenvalue weighted by Crippen LogP contribution is 2.43. The van der Waals surface area contributed by atoms with E-state index in [0.717, 1.165) is 12.2 Å². The molecule has 1 aliphatic carbocycles. The summed E-state index contributed by atoms with van der Waals surface area (Å²) in [5.74, 6) is -10.7. The molecule has 8 N–H and O–H groups in total. The fourth-order valence-corrected chi connectivity index (χ4v) is 1.59. The second-order valence-corrected chi connectivity index (χ2v) is 3.71. The van der Waals surface area contributed by atoms with Crippen LogP contribution in [0.4, 0.5) is 17.6 Å². The smallest absolute Gasteiger partial charge is 0.193 e. The van der Waals surface area contributed by atoms with Crippen LogP contribution in [0.15, 0.2) is 47.1 Å². The molecule has 0 unspecified atom stereocenters. The van der Waals surface area contributed by atoms with E-state index in [1.54, 1.807) is 0 Å². The average Bonchev–Trinajstić information content (AvgIpc) is 2.27. The SMILES string of the molecule is NC(N)=C[C@@H]1C(F)=C(F)C(F)=C(F)[C@@H]1C=C(N)N. The van der Waals surface area contributed by atoms with Gasteiger partial charge in [-0.1, -0.05) is 0 Å². The lowest BCUT2D eigenvalue weighted by atomic mass is 9.85. The molecule has 18 heavy (non-hydrogen) atoms. The molecule has 0 aromatic carbocycles. The molecule has 1 aliphatic rings. The molecule has 0 fully saturated rings. The molecule has 100 valence electrons. The Bertz CT molecular complexity index is 426. The van der Waals surface area contributed by atoms with E-state index in [0.29, 0.717) is 0 Å². The van der Waals surface area contributed by atoms with Crippen molar-refractivity contribution in [2.75, 3.05) is 0 Å². The molecule has 4 nitrogen and oxygen atoms in total. The molecule has 0 aromatic heterocycles. The standard InChI is InChI=1S/C10H12F4N4/c11-7-3(1-5(15)16)4(2-6(17)18)8(12)10(14)9(7)13/h1-4H,15-18H2/t3-,4+. The maximum Gasteiger partial charge on any atom is 0.193 e. The Hall–Kier alpha value is -2.12. The first kappa shape index (κ1) is 13.9. The fraction of sp³-hybridized carbons (Fsp3) is 0.200. The van der Waals surface area contributed by atoms with Crippen molar-refractivity contribution in [3.8, 4) is 0 Å². The van der Waals surface area contributed by atoms with Crippen LogP contribution < -0.4 is 22.9 Å². The van der Waals surface area contributed by atoms with Crippen molar-refractivity contribution in [3.63, 3.8) is 0 Å². The van der Waals surface area contributed by atoms with Gasteiger partial charge < -0.3 is 22.9 Å². The van der Waals surface area contributed by atoms with Crippen LogP contribution >= 0.6 is 0 Å². The third-order valence-corrected chi connectivity index (χ3v) is 2.33. The van der Waals surface area contributed by atoms with Crippen LogP contribution in [0.5, 0.6) is 0 Å². The van der Waals surface area contributed by atoms with Crippen molar-refractivity contribution in [1.29, 1.82) is 0 Å². The molecule has 0 aliphatic heterocycles. The van der Waals surface area contributed by atoms with E-state index >= 15 is 0 Å². The highest BCUT2D eigenvalue weighted by atomic mass is 19.2. The molecule has 0 saturated carbocycles. The number of rotatable bonds is 2. The van der Waals surface area contributed by atoms with Gasteiger partial charge in [0.1, 0.15) is 11.7 Å². The third-order valence-electron chi connectivity index (χ3n) is 2.33. The summed E-state index contributed by atoms with van der Waals surface area (Å²) >= 11 is 0. The second kappa shape index (κ2) is 5.03. The van der Waals surface area contributed by atoms with Crippen LogP contribution in [0.3, 0.4) is 0 Å². The van der Waals surface area contributed by atoms with Crippen LogP contribution in [-0.4, -0.2) is 0 Å².